The van der Waals surface area contributed by atoms with E-state index in [4.69, 9.17) is 9.47 Å². The Morgan fingerprint density at radius 3 is 2.06 bits per heavy atom. The molecule has 11 heteroatoms. The van der Waals surface area contributed by atoms with E-state index < -0.39 is 69.8 Å². The number of amides is 2. The molecule has 0 aliphatic carbocycles. The number of methoxy groups -OCH3 is 2. The van der Waals surface area contributed by atoms with Crippen molar-refractivity contribution in [1.82, 2.24) is 4.90 Å². The lowest BCUT2D eigenvalue weighted by molar-refractivity contribution is -0.155. The number of halogens is 4. The number of benzene rings is 2. The van der Waals surface area contributed by atoms with Gasteiger partial charge < -0.3 is 14.2 Å². The third-order valence-corrected chi connectivity index (χ3v) is 4.18. The molecule has 0 bridgehead atoms. The monoisotopic (exact) mass is 459 g/mol. The summed E-state index contributed by atoms with van der Waals surface area (Å²) in [6, 6.07) is 3.50. The van der Waals surface area contributed by atoms with E-state index in [9.17, 15) is 31.9 Å². The second-order valence-electron chi connectivity index (χ2n) is 7.61. The molecule has 7 nitrogen and oxygen atoms in total. The number of carbonyl (C=O) groups is 3. The van der Waals surface area contributed by atoms with Gasteiger partial charge in [0, 0.05) is 0 Å². The van der Waals surface area contributed by atoms with Crippen LogP contribution in [0.4, 0.5) is 22.4 Å². The van der Waals surface area contributed by atoms with Gasteiger partial charge >= 0.3 is 18.2 Å². The molecule has 2 rings (SSSR count). The van der Waals surface area contributed by atoms with Gasteiger partial charge in [-0.15, -0.1) is 0 Å². The van der Waals surface area contributed by atoms with E-state index in [1.807, 2.05) is 0 Å². The summed E-state index contributed by atoms with van der Waals surface area (Å²) in [4.78, 5) is 37.6. The first-order chi connectivity index (χ1) is 14.7. The molecule has 0 aliphatic rings. The van der Waals surface area contributed by atoms with E-state index >= 15 is 0 Å². The first kappa shape index (κ1) is 24.9. The molecule has 32 heavy (non-hydrogen) atoms. The zero-order chi connectivity index (χ0) is 24.4. The van der Waals surface area contributed by atoms with Crippen molar-refractivity contribution in [1.29, 1.82) is 0 Å². The van der Waals surface area contributed by atoms with Crippen LogP contribution in [0.5, 0.6) is 5.75 Å². The average Bonchev–Trinajstić information content (AvgIpc) is 2.67. The van der Waals surface area contributed by atoms with Crippen molar-refractivity contribution < 1.29 is 46.2 Å². The highest BCUT2D eigenvalue weighted by molar-refractivity contribution is 6.13. The van der Waals surface area contributed by atoms with Gasteiger partial charge in [-0.3, -0.25) is 9.59 Å². The van der Waals surface area contributed by atoms with E-state index in [1.54, 1.807) is 20.8 Å². The molecule has 2 aromatic carbocycles. The van der Waals surface area contributed by atoms with Crippen LogP contribution >= 0.6 is 0 Å². The molecule has 0 N–H and O–H groups in total. The summed E-state index contributed by atoms with van der Waals surface area (Å²) >= 11 is 0. The van der Waals surface area contributed by atoms with Crippen molar-refractivity contribution in [3.63, 3.8) is 0 Å². The highest BCUT2D eigenvalue weighted by Crippen LogP contribution is 2.42. The van der Waals surface area contributed by atoms with Gasteiger partial charge in [0.15, 0.2) is 0 Å². The predicted molar refractivity (Wildman–Crippen MR) is 105 cm³/mol. The number of esters is 1. The van der Waals surface area contributed by atoms with Crippen LogP contribution in [0.25, 0.3) is 10.8 Å². The summed E-state index contributed by atoms with van der Waals surface area (Å²) in [5, 5.41) is -0.954. The number of nitrogens with zero attached hydrogens (tertiary/aromatic N) is 1. The van der Waals surface area contributed by atoms with Crippen molar-refractivity contribution >= 4 is 28.7 Å². The van der Waals surface area contributed by atoms with E-state index in [-0.39, 0.29) is 4.90 Å². The first-order valence-electron chi connectivity index (χ1n) is 9.19. The zero-order valence-corrected chi connectivity index (χ0v) is 17.9. The summed E-state index contributed by atoms with van der Waals surface area (Å²) in [7, 11) is 1.95. The summed E-state index contributed by atoms with van der Waals surface area (Å²) in [5.74, 6) is -4.11. The molecule has 0 radical (unpaired) electrons. The lowest BCUT2D eigenvalue weighted by Gasteiger charge is -2.24. The minimum atomic E-state index is -4.89. The van der Waals surface area contributed by atoms with E-state index in [2.05, 4.69) is 4.74 Å². The molecule has 2 aromatic rings. The molecule has 174 valence electrons. The molecule has 0 spiro atoms. The molecule has 0 fully saturated rings. The van der Waals surface area contributed by atoms with Crippen LogP contribution in [-0.2, 0) is 20.4 Å². The predicted octanol–water partition coefficient (Wildman–Crippen LogP) is 4.56. The number of rotatable bonds is 4. The Morgan fingerprint density at radius 2 is 1.56 bits per heavy atom. The smallest absolute Gasteiger partial charge is 0.420 e. The maximum atomic E-state index is 14.7. The molecule has 0 saturated carbocycles. The third-order valence-electron chi connectivity index (χ3n) is 4.18. The Balaban J connectivity index is 2.67. The fourth-order valence-corrected chi connectivity index (χ4v) is 3.01. The fourth-order valence-electron chi connectivity index (χ4n) is 3.01. The fraction of sp³-hybridized carbons (Fsp3) is 0.381. The van der Waals surface area contributed by atoms with Crippen molar-refractivity contribution in [2.45, 2.75) is 32.5 Å². The summed E-state index contributed by atoms with van der Waals surface area (Å²) in [6.07, 6.45) is -6.21. The Bertz CT molecular complexity index is 1060. The van der Waals surface area contributed by atoms with Crippen LogP contribution in [0, 0.1) is 5.82 Å². The Morgan fingerprint density at radius 1 is 0.969 bits per heavy atom. The normalized spacial score (nSPS) is 11.8. The second-order valence-corrected chi connectivity index (χ2v) is 7.61. The summed E-state index contributed by atoms with van der Waals surface area (Å²) in [6.45, 7) is 3.70. The van der Waals surface area contributed by atoms with Gasteiger partial charge in [-0.25, -0.2) is 14.1 Å². The number of ether oxygens (including phenoxy) is 3. The van der Waals surface area contributed by atoms with E-state index in [0.717, 1.165) is 32.4 Å². The van der Waals surface area contributed by atoms with Gasteiger partial charge in [0.25, 0.3) is 5.91 Å². The summed E-state index contributed by atoms with van der Waals surface area (Å²) < 4.78 is 70.0. The highest BCUT2D eigenvalue weighted by Gasteiger charge is 2.38. The topological polar surface area (TPSA) is 82.1 Å². The first-order valence-corrected chi connectivity index (χ1v) is 9.19. The van der Waals surface area contributed by atoms with Gasteiger partial charge in [-0.2, -0.15) is 13.2 Å². The molecule has 0 unspecified atom stereocenters. The Hall–Kier alpha value is -3.37. The number of alkyl halides is 3. The van der Waals surface area contributed by atoms with Crippen LogP contribution in [0.15, 0.2) is 24.3 Å². The van der Waals surface area contributed by atoms with Crippen LogP contribution in [-0.4, -0.2) is 49.2 Å². The molecule has 0 atom stereocenters. The minimum absolute atomic E-state index is 0.253. The average molecular weight is 459 g/mol. The zero-order valence-electron chi connectivity index (χ0n) is 17.9. The maximum Gasteiger partial charge on any atom is 0.420 e. The van der Waals surface area contributed by atoms with Crippen LogP contribution in [0.3, 0.4) is 0 Å². The van der Waals surface area contributed by atoms with Crippen LogP contribution in [0.2, 0.25) is 0 Å². The number of hydrogen-bond acceptors (Lipinski definition) is 6. The van der Waals surface area contributed by atoms with Gasteiger partial charge in [0.05, 0.1) is 19.8 Å². The van der Waals surface area contributed by atoms with Crippen molar-refractivity contribution in [2.24, 2.45) is 0 Å². The van der Waals surface area contributed by atoms with Gasteiger partial charge in [-0.05, 0) is 49.7 Å². The standard InChI is InChI=1S/C21H21F4NO6/c1-20(2,3)32-15(27)10-26(19(29)31-5)18(28)16-11-7-9-14(30-4)17(21(23,24)25)12(11)6-8-13(16)22/h6-9H,10H2,1-5H3. The Labute approximate surface area is 180 Å². The van der Waals surface area contributed by atoms with Crippen molar-refractivity contribution in [3.05, 3.63) is 41.2 Å². The minimum Gasteiger partial charge on any atom is -0.496 e. The van der Waals surface area contributed by atoms with Crippen molar-refractivity contribution in [2.75, 3.05) is 20.8 Å². The lowest BCUT2D eigenvalue weighted by Crippen LogP contribution is -2.43. The van der Waals surface area contributed by atoms with E-state index in [1.165, 1.54) is 0 Å². The van der Waals surface area contributed by atoms with Gasteiger partial charge in [0.2, 0.25) is 0 Å². The van der Waals surface area contributed by atoms with Gasteiger partial charge in [0.1, 0.15) is 29.3 Å². The molecule has 0 aliphatic heterocycles. The number of carbonyl (C=O) groups excluding carboxylic acids is 3. The Kier molecular flexibility index (Phi) is 7.01. The van der Waals surface area contributed by atoms with Crippen LogP contribution in [0.1, 0.15) is 36.7 Å². The number of imide groups is 1. The van der Waals surface area contributed by atoms with Crippen LogP contribution < -0.4 is 4.74 Å². The molecule has 0 heterocycles. The molecule has 0 aromatic heterocycles. The quantitative estimate of drug-likeness (QED) is 0.493. The maximum absolute atomic E-state index is 14.7. The molecular weight excluding hydrogens is 438 g/mol. The highest BCUT2D eigenvalue weighted by atomic mass is 19.4. The third kappa shape index (κ3) is 5.27. The second kappa shape index (κ2) is 9.01. The SMILES string of the molecule is COC(=O)N(CC(=O)OC(C)(C)C)C(=O)c1c(F)ccc2c(C(F)(F)F)c(OC)ccc12. The lowest BCUT2D eigenvalue weighted by atomic mass is 9.97. The summed E-state index contributed by atoms with van der Waals surface area (Å²) in [5.41, 5.74) is -3.02. The van der Waals surface area contributed by atoms with E-state index in [0.29, 0.717) is 6.07 Å². The molecular formula is C21H21F4NO6. The number of hydrogen-bond donors (Lipinski definition) is 0. The van der Waals surface area contributed by atoms with Crippen molar-refractivity contribution in [3.8, 4) is 5.75 Å². The number of fused-ring (bicyclic) bond motifs is 1. The molecule has 2 amide bonds. The molecule has 0 saturated heterocycles. The van der Waals surface area contributed by atoms with Gasteiger partial charge in [-0.1, -0.05) is 6.07 Å². The largest absolute Gasteiger partial charge is 0.496 e.